The van der Waals surface area contributed by atoms with Crippen molar-refractivity contribution < 1.29 is 19.4 Å². The fraction of sp³-hybridized carbons (Fsp3) is 0.462. The van der Waals surface area contributed by atoms with Crippen molar-refractivity contribution in [3.63, 3.8) is 0 Å². The van der Waals surface area contributed by atoms with Gasteiger partial charge in [0.05, 0.1) is 20.3 Å². The summed E-state index contributed by atoms with van der Waals surface area (Å²) in [4.78, 5) is 11.6. The zero-order chi connectivity index (χ0) is 14.3. The monoisotopic (exact) mass is 268 g/mol. The molecule has 0 fully saturated rings. The number of anilines is 1. The summed E-state index contributed by atoms with van der Waals surface area (Å²) >= 11 is 0. The molecular weight excluding hydrogens is 248 g/mol. The van der Waals surface area contributed by atoms with Crippen LogP contribution in [0.4, 0.5) is 10.5 Å². The first-order valence-corrected chi connectivity index (χ1v) is 5.87. The quantitative estimate of drug-likeness (QED) is 0.724. The minimum absolute atomic E-state index is 0.100. The molecule has 1 atom stereocenters. The van der Waals surface area contributed by atoms with Crippen molar-refractivity contribution in [1.29, 1.82) is 0 Å². The van der Waals surface area contributed by atoms with E-state index < -0.39 is 5.60 Å². The zero-order valence-electron chi connectivity index (χ0n) is 11.4. The van der Waals surface area contributed by atoms with E-state index in [1.807, 2.05) is 0 Å². The lowest BCUT2D eigenvalue weighted by atomic mass is 10.1. The smallest absolute Gasteiger partial charge is 0.319 e. The normalized spacial score (nSPS) is 13.5. The third kappa shape index (κ3) is 5.58. The predicted molar refractivity (Wildman–Crippen MR) is 72.5 cm³/mol. The molecule has 0 unspecified atom stereocenters. The van der Waals surface area contributed by atoms with Crippen molar-refractivity contribution in [2.24, 2.45) is 0 Å². The van der Waals surface area contributed by atoms with E-state index in [4.69, 9.17) is 9.47 Å². The summed E-state index contributed by atoms with van der Waals surface area (Å²) in [6.07, 6.45) is 0. The first kappa shape index (κ1) is 15.3. The number of aliphatic hydroxyl groups is 1. The summed E-state index contributed by atoms with van der Waals surface area (Å²) in [6.45, 7) is 1.84. The lowest BCUT2D eigenvalue weighted by Gasteiger charge is -2.22. The maximum atomic E-state index is 11.6. The Balaban J connectivity index is 2.42. The number of amides is 2. The standard InChI is InChI=1S/C13H20N2O4/c1-13(17,9-18-2)8-14-12(16)15-10-4-6-11(19-3)7-5-10/h4-7,17H,8-9H2,1-3H3,(H2,14,15,16)/t13-/m0/s1. The molecule has 0 aliphatic rings. The molecule has 6 nitrogen and oxygen atoms in total. The number of ether oxygens (including phenoxy) is 2. The van der Waals surface area contributed by atoms with Crippen LogP contribution in [-0.4, -0.2) is 44.1 Å². The van der Waals surface area contributed by atoms with Crippen molar-refractivity contribution >= 4 is 11.7 Å². The van der Waals surface area contributed by atoms with Gasteiger partial charge in [-0.2, -0.15) is 0 Å². The largest absolute Gasteiger partial charge is 0.497 e. The summed E-state index contributed by atoms with van der Waals surface area (Å²) in [6, 6.07) is 6.56. The molecule has 1 aromatic carbocycles. The second-order valence-corrected chi connectivity index (χ2v) is 4.47. The van der Waals surface area contributed by atoms with Gasteiger partial charge in [0.2, 0.25) is 0 Å². The van der Waals surface area contributed by atoms with E-state index in [9.17, 15) is 9.90 Å². The third-order valence-electron chi connectivity index (χ3n) is 2.43. The summed E-state index contributed by atoms with van der Waals surface area (Å²) in [5.74, 6) is 0.717. The molecule has 0 aliphatic heterocycles. The molecule has 19 heavy (non-hydrogen) atoms. The minimum atomic E-state index is -1.09. The highest BCUT2D eigenvalue weighted by Gasteiger charge is 2.20. The summed E-state index contributed by atoms with van der Waals surface area (Å²) in [5, 5.41) is 15.0. The van der Waals surface area contributed by atoms with Gasteiger partial charge >= 0.3 is 6.03 Å². The molecule has 106 valence electrons. The molecule has 1 rings (SSSR count). The molecule has 3 N–H and O–H groups in total. The molecule has 0 aromatic heterocycles. The maximum Gasteiger partial charge on any atom is 0.319 e. The molecule has 0 heterocycles. The van der Waals surface area contributed by atoms with Crippen molar-refractivity contribution in [3.05, 3.63) is 24.3 Å². The van der Waals surface area contributed by atoms with Gasteiger partial charge in [0.25, 0.3) is 0 Å². The molecule has 0 saturated heterocycles. The molecule has 0 bridgehead atoms. The third-order valence-corrected chi connectivity index (χ3v) is 2.43. The van der Waals surface area contributed by atoms with Crippen molar-refractivity contribution in [1.82, 2.24) is 5.32 Å². The van der Waals surface area contributed by atoms with Gasteiger partial charge < -0.3 is 25.2 Å². The predicted octanol–water partition coefficient (Wildman–Crippen LogP) is 1.21. The number of urea groups is 1. The molecule has 2 amide bonds. The first-order chi connectivity index (χ1) is 8.96. The van der Waals surface area contributed by atoms with Gasteiger partial charge in [-0.25, -0.2) is 4.79 Å². The SMILES string of the molecule is COC[C@@](C)(O)CNC(=O)Nc1ccc(OC)cc1. The Labute approximate surface area is 112 Å². The van der Waals surface area contributed by atoms with E-state index >= 15 is 0 Å². The summed E-state index contributed by atoms with van der Waals surface area (Å²) in [7, 11) is 3.07. The van der Waals surface area contributed by atoms with Crippen LogP contribution in [0.3, 0.4) is 0 Å². The average Bonchev–Trinajstić information content (AvgIpc) is 2.37. The zero-order valence-corrected chi connectivity index (χ0v) is 11.4. The topological polar surface area (TPSA) is 79.8 Å². The Hall–Kier alpha value is -1.79. The lowest BCUT2D eigenvalue weighted by Crippen LogP contribution is -2.45. The highest BCUT2D eigenvalue weighted by Crippen LogP contribution is 2.14. The minimum Gasteiger partial charge on any atom is -0.497 e. The number of nitrogens with one attached hydrogen (secondary N) is 2. The Morgan fingerprint density at radius 1 is 1.32 bits per heavy atom. The number of hydrogen-bond donors (Lipinski definition) is 3. The van der Waals surface area contributed by atoms with Gasteiger partial charge in [-0.05, 0) is 31.2 Å². The molecule has 0 saturated carbocycles. The number of hydrogen-bond acceptors (Lipinski definition) is 4. The number of carbonyl (C=O) groups is 1. The van der Waals surface area contributed by atoms with Crippen molar-refractivity contribution in [3.8, 4) is 5.75 Å². The van der Waals surface area contributed by atoms with Gasteiger partial charge in [0.1, 0.15) is 11.4 Å². The number of carbonyl (C=O) groups excluding carboxylic acids is 1. The van der Waals surface area contributed by atoms with Gasteiger partial charge in [-0.3, -0.25) is 0 Å². The summed E-state index contributed by atoms with van der Waals surface area (Å²) in [5.41, 5.74) is -0.448. The highest BCUT2D eigenvalue weighted by molar-refractivity contribution is 5.89. The van der Waals surface area contributed by atoms with Crippen LogP contribution < -0.4 is 15.4 Å². The number of benzene rings is 1. The van der Waals surface area contributed by atoms with E-state index in [-0.39, 0.29) is 19.2 Å². The lowest BCUT2D eigenvalue weighted by molar-refractivity contribution is -0.0133. The fourth-order valence-corrected chi connectivity index (χ4v) is 1.48. The van der Waals surface area contributed by atoms with E-state index in [1.54, 1.807) is 38.3 Å². The van der Waals surface area contributed by atoms with Crippen LogP contribution in [0.5, 0.6) is 5.75 Å². The molecule has 0 radical (unpaired) electrons. The molecule has 6 heteroatoms. The van der Waals surface area contributed by atoms with Gasteiger partial charge in [-0.15, -0.1) is 0 Å². The van der Waals surface area contributed by atoms with E-state index in [0.29, 0.717) is 11.4 Å². The highest BCUT2D eigenvalue weighted by atomic mass is 16.5. The number of rotatable bonds is 6. The second kappa shape index (κ2) is 6.96. The van der Waals surface area contributed by atoms with Gasteiger partial charge in [0.15, 0.2) is 0 Å². The van der Waals surface area contributed by atoms with Crippen LogP contribution in [0.2, 0.25) is 0 Å². The Bertz CT molecular complexity index is 404. The van der Waals surface area contributed by atoms with Gasteiger partial charge in [0, 0.05) is 12.8 Å². The van der Waals surface area contributed by atoms with Crippen LogP contribution in [0.15, 0.2) is 24.3 Å². The van der Waals surface area contributed by atoms with E-state index in [1.165, 1.54) is 7.11 Å². The fourth-order valence-electron chi connectivity index (χ4n) is 1.48. The average molecular weight is 268 g/mol. The molecular formula is C13H20N2O4. The molecule has 1 aromatic rings. The Morgan fingerprint density at radius 3 is 2.47 bits per heavy atom. The van der Waals surface area contributed by atoms with Crippen molar-refractivity contribution in [2.45, 2.75) is 12.5 Å². The van der Waals surface area contributed by atoms with Crippen LogP contribution in [-0.2, 0) is 4.74 Å². The van der Waals surface area contributed by atoms with Crippen molar-refractivity contribution in [2.75, 3.05) is 32.7 Å². The van der Waals surface area contributed by atoms with E-state index in [0.717, 1.165) is 0 Å². The Kier molecular flexibility index (Phi) is 5.59. The molecule has 0 spiro atoms. The maximum absolute atomic E-state index is 11.6. The van der Waals surface area contributed by atoms with Gasteiger partial charge in [-0.1, -0.05) is 0 Å². The second-order valence-electron chi connectivity index (χ2n) is 4.47. The van der Waals surface area contributed by atoms with Crippen LogP contribution in [0.25, 0.3) is 0 Å². The van der Waals surface area contributed by atoms with Crippen LogP contribution in [0.1, 0.15) is 6.92 Å². The number of methoxy groups -OCH3 is 2. The first-order valence-electron chi connectivity index (χ1n) is 5.87. The Morgan fingerprint density at radius 2 is 1.95 bits per heavy atom. The summed E-state index contributed by atoms with van der Waals surface area (Å²) < 4.78 is 9.87. The van der Waals surface area contributed by atoms with Crippen LogP contribution in [0, 0.1) is 0 Å². The van der Waals surface area contributed by atoms with Crippen LogP contribution >= 0.6 is 0 Å². The molecule has 0 aliphatic carbocycles. The van der Waals surface area contributed by atoms with E-state index in [2.05, 4.69) is 10.6 Å².